The van der Waals surface area contributed by atoms with Crippen molar-refractivity contribution in [1.82, 2.24) is 5.32 Å². The molecule has 1 unspecified atom stereocenters. The second kappa shape index (κ2) is 12.6. The first kappa shape index (κ1) is 17.9. The van der Waals surface area contributed by atoms with Crippen molar-refractivity contribution in [2.75, 3.05) is 19.7 Å². The van der Waals surface area contributed by atoms with Crippen LogP contribution in [0.1, 0.15) is 77.6 Å². The molecule has 0 aromatic rings. The van der Waals surface area contributed by atoms with Crippen LogP contribution in [0.4, 0.5) is 0 Å². The van der Waals surface area contributed by atoms with E-state index in [4.69, 9.17) is 4.74 Å². The first-order chi connectivity index (χ1) is 9.83. The molecule has 0 saturated heterocycles. The fourth-order valence-corrected chi connectivity index (χ4v) is 2.84. The van der Waals surface area contributed by atoms with Crippen LogP contribution in [-0.4, -0.2) is 37.0 Å². The number of hydrogen-bond acceptors (Lipinski definition) is 3. The smallest absolute Gasteiger partial charge is 0.0897 e. The Balaban J connectivity index is 1.83. The standard InChI is InChI=1S/C17H35NO2/c1-2-3-4-5-6-10-13-18-14-16(19)15-20-17-11-8-7-9-12-17/h16-19H,2-15H2,1H3. The molecule has 3 heteroatoms. The Bertz CT molecular complexity index is 205. The molecule has 1 saturated carbocycles. The van der Waals surface area contributed by atoms with Gasteiger partial charge in [-0.05, 0) is 25.8 Å². The maximum absolute atomic E-state index is 9.86. The van der Waals surface area contributed by atoms with E-state index < -0.39 is 0 Å². The minimum atomic E-state index is -0.350. The molecule has 120 valence electrons. The van der Waals surface area contributed by atoms with Gasteiger partial charge < -0.3 is 15.2 Å². The lowest BCUT2D eigenvalue weighted by atomic mass is 9.98. The van der Waals surface area contributed by atoms with E-state index in [1.807, 2.05) is 0 Å². The van der Waals surface area contributed by atoms with Gasteiger partial charge in [-0.2, -0.15) is 0 Å². The first-order valence-electron chi connectivity index (χ1n) is 8.83. The molecule has 1 atom stereocenters. The molecule has 0 heterocycles. The highest BCUT2D eigenvalue weighted by Crippen LogP contribution is 2.20. The van der Waals surface area contributed by atoms with E-state index >= 15 is 0 Å². The Labute approximate surface area is 125 Å². The molecule has 2 N–H and O–H groups in total. The summed E-state index contributed by atoms with van der Waals surface area (Å²) in [4.78, 5) is 0. The van der Waals surface area contributed by atoms with Crippen LogP contribution < -0.4 is 5.32 Å². The van der Waals surface area contributed by atoms with Gasteiger partial charge in [-0.1, -0.05) is 58.3 Å². The maximum Gasteiger partial charge on any atom is 0.0897 e. The van der Waals surface area contributed by atoms with Gasteiger partial charge in [-0.15, -0.1) is 0 Å². The van der Waals surface area contributed by atoms with Crippen LogP contribution in [-0.2, 0) is 4.74 Å². The summed E-state index contributed by atoms with van der Waals surface area (Å²) in [7, 11) is 0. The van der Waals surface area contributed by atoms with Crippen molar-refractivity contribution in [2.24, 2.45) is 0 Å². The summed E-state index contributed by atoms with van der Waals surface area (Å²) in [5, 5.41) is 13.2. The third-order valence-corrected chi connectivity index (χ3v) is 4.16. The minimum Gasteiger partial charge on any atom is -0.389 e. The van der Waals surface area contributed by atoms with Gasteiger partial charge in [-0.3, -0.25) is 0 Å². The van der Waals surface area contributed by atoms with Gasteiger partial charge in [0.2, 0.25) is 0 Å². The van der Waals surface area contributed by atoms with Crippen LogP contribution >= 0.6 is 0 Å². The highest BCUT2D eigenvalue weighted by molar-refractivity contribution is 4.67. The minimum absolute atomic E-state index is 0.350. The molecule has 3 nitrogen and oxygen atoms in total. The lowest BCUT2D eigenvalue weighted by Crippen LogP contribution is -2.33. The molecule has 0 amide bonds. The highest BCUT2D eigenvalue weighted by atomic mass is 16.5. The number of rotatable bonds is 12. The van der Waals surface area contributed by atoms with E-state index in [2.05, 4.69) is 12.2 Å². The van der Waals surface area contributed by atoms with Crippen LogP contribution in [0.2, 0.25) is 0 Å². The molecular weight excluding hydrogens is 250 g/mol. The zero-order valence-electron chi connectivity index (χ0n) is 13.4. The van der Waals surface area contributed by atoms with Crippen LogP contribution in [0.15, 0.2) is 0 Å². The van der Waals surface area contributed by atoms with Crippen molar-refractivity contribution in [2.45, 2.75) is 89.8 Å². The monoisotopic (exact) mass is 285 g/mol. The number of ether oxygens (including phenoxy) is 1. The Hall–Kier alpha value is -0.120. The normalized spacial score (nSPS) is 18.3. The van der Waals surface area contributed by atoms with Gasteiger partial charge in [0.15, 0.2) is 0 Å². The Kier molecular flexibility index (Phi) is 11.3. The summed E-state index contributed by atoms with van der Waals surface area (Å²) in [6, 6.07) is 0. The molecular formula is C17H35NO2. The molecule has 0 bridgehead atoms. The summed E-state index contributed by atoms with van der Waals surface area (Å²) < 4.78 is 5.78. The average Bonchev–Trinajstić information content (AvgIpc) is 2.49. The number of nitrogens with one attached hydrogen (secondary N) is 1. The predicted octanol–water partition coefficient (Wildman–Crippen LogP) is 3.65. The molecule has 1 rings (SSSR count). The molecule has 0 aromatic heterocycles. The van der Waals surface area contributed by atoms with Gasteiger partial charge in [-0.25, -0.2) is 0 Å². The van der Waals surface area contributed by atoms with Gasteiger partial charge in [0.05, 0.1) is 18.8 Å². The number of aliphatic hydroxyl groups excluding tert-OH is 1. The van der Waals surface area contributed by atoms with Crippen molar-refractivity contribution < 1.29 is 9.84 Å². The SMILES string of the molecule is CCCCCCCCNCC(O)COC1CCCCC1. The zero-order valence-corrected chi connectivity index (χ0v) is 13.4. The zero-order chi connectivity index (χ0) is 14.5. The molecule has 1 aliphatic rings. The molecule has 0 radical (unpaired) electrons. The molecule has 1 aliphatic carbocycles. The lowest BCUT2D eigenvalue weighted by molar-refractivity contribution is -0.0229. The Morgan fingerprint density at radius 2 is 1.75 bits per heavy atom. The topological polar surface area (TPSA) is 41.5 Å². The molecule has 0 spiro atoms. The summed E-state index contributed by atoms with van der Waals surface area (Å²) in [6.45, 7) is 4.43. The highest BCUT2D eigenvalue weighted by Gasteiger charge is 2.15. The van der Waals surface area contributed by atoms with E-state index in [0.717, 1.165) is 6.54 Å². The van der Waals surface area contributed by atoms with Crippen molar-refractivity contribution in [3.05, 3.63) is 0 Å². The summed E-state index contributed by atoms with van der Waals surface area (Å²) in [6.07, 6.45) is 14.3. The Morgan fingerprint density at radius 3 is 2.50 bits per heavy atom. The van der Waals surface area contributed by atoms with Gasteiger partial charge in [0, 0.05) is 6.54 Å². The van der Waals surface area contributed by atoms with Crippen LogP contribution in [0.25, 0.3) is 0 Å². The molecule has 20 heavy (non-hydrogen) atoms. The van der Waals surface area contributed by atoms with Crippen molar-refractivity contribution in [1.29, 1.82) is 0 Å². The fraction of sp³-hybridized carbons (Fsp3) is 1.00. The largest absolute Gasteiger partial charge is 0.389 e. The van der Waals surface area contributed by atoms with Crippen molar-refractivity contribution in [3.8, 4) is 0 Å². The van der Waals surface area contributed by atoms with Crippen molar-refractivity contribution >= 4 is 0 Å². The predicted molar refractivity (Wildman–Crippen MR) is 85.1 cm³/mol. The summed E-state index contributed by atoms with van der Waals surface area (Å²) >= 11 is 0. The van der Waals surface area contributed by atoms with E-state index in [9.17, 15) is 5.11 Å². The second-order valence-electron chi connectivity index (χ2n) is 6.22. The second-order valence-corrected chi connectivity index (χ2v) is 6.22. The van der Waals surface area contributed by atoms with E-state index in [1.54, 1.807) is 0 Å². The van der Waals surface area contributed by atoms with E-state index in [1.165, 1.54) is 70.6 Å². The fourth-order valence-electron chi connectivity index (χ4n) is 2.84. The van der Waals surface area contributed by atoms with Crippen LogP contribution in [0.3, 0.4) is 0 Å². The third kappa shape index (κ3) is 9.73. The number of hydrogen-bond donors (Lipinski definition) is 2. The lowest BCUT2D eigenvalue weighted by Gasteiger charge is -2.23. The van der Waals surface area contributed by atoms with Gasteiger partial charge in [0.25, 0.3) is 0 Å². The van der Waals surface area contributed by atoms with Crippen molar-refractivity contribution in [3.63, 3.8) is 0 Å². The molecule has 0 aromatic carbocycles. The average molecular weight is 285 g/mol. The van der Waals surface area contributed by atoms with E-state index in [0.29, 0.717) is 19.3 Å². The number of unbranched alkanes of at least 4 members (excludes halogenated alkanes) is 5. The quantitative estimate of drug-likeness (QED) is 0.538. The maximum atomic E-state index is 9.86. The van der Waals surface area contributed by atoms with Gasteiger partial charge in [0.1, 0.15) is 0 Å². The molecule has 0 aliphatic heterocycles. The number of aliphatic hydroxyl groups is 1. The van der Waals surface area contributed by atoms with Crippen LogP contribution in [0, 0.1) is 0 Å². The Morgan fingerprint density at radius 1 is 1.05 bits per heavy atom. The molecule has 1 fully saturated rings. The van der Waals surface area contributed by atoms with Crippen LogP contribution in [0.5, 0.6) is 0 Å². The summed E-state index contributed by atoms with van der Waals surface area (Å²) in [5.74, 6) is 0. The summed E-state index contributed by atoms with van der Waals surface area (Å²) in [5.41, 5.74) is 0. The third-order valence-electron chi connectivity index (χ3n) is 4.16. The van der Waals surface area contributed by atoms with Gasteiger partial charge >= 0.3 is 0 Å². The van der Waals surface area contributed by atoms with E-state index in [-0.39, 0.29) is 6.10 Å². The first-order valence-corrected chi connectivity index (χ1v) is 8.83.